The Labute approximate surface area is 161 Å². The van der Waals surface area contributed by atoms with Gasteiger partial charge in [0.25, 0.3) is 0 Å². The van der Waals surface area contributed by atoms with Crippen LogP contribution >= 0.6 is 0 Å². The molecule has 0 atom stereocenters. The van der Waals surface area contributed by atoms with Crippen molar-refractivity contribution < 1.29 is 14.3 Å². The summed E-state index contributed by atoms with van der Waals surface area (Å²) in [6.45, 7) is 11.0. The van der Waals surface area contributed by atoms with Gasteiger partial charge in [-0.25, -0.2) is 0 Å². The van der Waals surface area contributed by atoms with E-state index in [0.29, 0.717) is 5.69 Å². The molecule has 0 aliphatic heterocycles. The highest BCUT2D eigenvalue weighted by atomic mass is 16.5. The van der Waals surface area contributed by atoms with E-state index in [-0.39, 0.29) is 17.9 Å². The van der Waals surface area contributed by atoms with Gasteiger partial charge in [0.05, 0.1) is 6.10 Å². The van der Waals surface area contributed by atoms with Gasteiger partial charge in [-0.05, 0) is 76.9 Å². The van der Waals surface area contributed by atoms with E-state index in [0.717, 1.165) is 22.6 Å². The number of hydrogen-bond acceptors (Lipinski definition) is 3. The topological polar surface area (TPSA) is 67.4 Å². The lowest BCUT2D eigenvalue weighted by molar-refractivity contribution is -0.135. The number of hydrogen-bond donors (Lipinski definition) is 2. The maximum atomic E-state index is 12.8. The van der Waals surface area contributed by atoms with Crippen molar-refractivity contribution in [3.8, 4) is 5.75 Å². The number of nitrogens with one attached hydrogen (secondary N) is 2. The average molecular weight is 368 g/mol. The Hall–Kier alpha value is -2.82. The molecule has 2 rings (SSSR count). The number of carbonyl (C=O) groups is 2. The molecule has 5 nitrogen and oxygen atoms in total. The summed E-state index contributed by atoms with van der Waals surface area (Å²) >= 11 is 0. The largest absolute Gasteiger partial charge is 0.491 e. The van der Waals surface area contributed by atoms with Crippen LogP contribution in [0.5, 0.6) is 5.75 Å². The number of amides is 2. The van der Waals surface area contributed by atoms with Gasteiger partial charge in [0.15, 0.2) is 0 Å². The molecule has 2 aromatic carbocycles. The second-order valence-electron chi connectivity index (χ2n) is 7.49. The summed E-state index contributed by atoms with van der Waals surface area (Å²) < 4.78 is 5.59. The lowest BCUT2D eigenvalue weighted by Gasteiger charge is -2.24. The van der Waals surface area contributed by atoms with E-state index in [9.17, 15) is 9.59 Å². The molecule has 2 aromatic rings. The SMILES string of the molecule is Cc1cccc(C)c1NC(=O)C(C)(C)C(=O)Nc1ccc(OC(C)C)cc1. The molecule has 2 amide bonds. The maximum absolute atomic E-state index is 12.8. The Morgan fingerprint density at radius 3 is 1.93 bits per heavy atom. The highest BCUT2D eigenvalue weighted by Gasteiger charge is 2.36. The van der Waals surface area contributed by atoms with Crippen LogP contribution in [0.25, 0.3) is 0 Å². The summed E-state index contributed by atoms with van der Waals surface area (Å²) in [5.41, 5.74) is 2.05. The number of benzene rings is 2. The van der Waals surface area contributed by atoms with Crippen molar-refractivity contribution >= 4 is 23.2 Å². The van der Waals surface area contributed by atoms with Crippen LogP contribution < -0.4 is 15.4 Å². The third-order valence-corrected chi connectivity index (χ3v) is 4.34. The van der Waals surface area contributed by atoms with Crippen molar-refractivity contribution in [3.05, 3.63) is 53.6 Å². The van der Waals surface area contributed by atoms with Crippen LogP contribution in [0.1, 0.15) is 38.8 Å². The van der Waals surface area contributed by atoms with E-state index in [4.69, 9.17) is 4.74 Å². The molecular formula is C22H28N2O3. The molecular weight excluding hydrogens is 340 g/mol. The van der Waals surface area contributed by atoms with Crippen LogP contribution in [0.15, 0.2) is 42.5 Å². The first-order chi connectivity index (χ1) is 12.6. The fourth-order valence-corrected chi connectivity index (χ4v) is 2.56. The predicted molar refractivity (Wildman–Crippen MR) is 109 cm³/mol. The number of rotatable bonds is 6. The Bertz CT molecular complexity index is 804. The first-order valence-corrected chi connectivity index (χ1v) is 9.07. The average Bonchev–Trinajstić information content (AvgIpc) is 2.59. The summed E-state index contributed by atoms with van der Waals surface area (Å²) in [6.07, 6.45) is 0.0815. The number of aryl methyl sites for hydroxylation is 2. The monoisotopic (exact) mass is 368 g/mol. The zero-order valence-corrected chi connectivity index (χ0v) is 16.8. The highest BCUT2D eigenvalue weighted by molar-refractivity contribution is 6.14. The summed E-state index contributed by atoms with van der Waals surface area (Å²) in [5.74, 6) is 0.0101. The van der Waals surface area contributed by atoms with Gasteiger partial charge in [0.1, 0.15) is 11.2 Å². The second kappa shape index (κ2) is 8.25. The van der Waals surface area contributed by atoms with Crippen LogP contribution in [-0.4, -0.2) is 17.9 Å². The van der Waals surface area contributed by atoms with Crippen molar-refractivity contribution in [3.63, 3.8) is 0 Å². The molecule has 2 N–H and O–H groups in total. The fraction of sp³-hybridized carbons (Fsp3) is 0.364. The minimum Gasteiger partial charge on any atom is -0.491 e. The third-order valence-electron chi connectivity index (χ3n) is 4.34. The quantitative estimate of drug-likeness (QED) is 0.727. The Morgan fingerprint density at radius 1 is 0.889 bits per heavy atom. The Morgan fingerprint density at radius 2 is 1.41 bits per heavy atom. The van der Waals surface area contributed by atoms with E-state index in [1.54, 1.807) is 38.1 Å². The lowest BCUT2D eigenvalue weighted by Crippen LogP contribution is -2.41. The zero-order chi connectivity index (χ0) is 20.2. The zero-order valence-electron chi connectivity index (χ0n) is 16.8. The van der Waals surface area contributed by atoms with Crippen LogP contribution in [0.4, 0.5) is 11.4 Å². The van der Waals surface area contributed by atoms with Gasteiger partial charge in [0, 0.05) is 11.4 Å². The second-order valence-corrected chi connectivity index (χ2v) is 7.49. The molecule has 0 aliphatic carbocycles. The van der Waals surface area contributed by atoms with Gasteiger partial charge < -0.3 is 15.4 Å². The van der Waals surface area contributed by atoms with Gasteiger partial charge in [-0.15, -0.1) is 0 Å². The molecule has 27 heavy (non-hydrogen) atoms. The molecule has 5 heteroatoms. The van der Waals surface area contributed by atoms with Gasteiger partial charge in [0.2, 0.25) is 11.8 Å². The molecule has 0 aliphatic rings. The number of carbonyl (C=O) groups excluding carboxylic acids is 2. The normalized spacial score (nSPS) is 11.2. The smallest absolute Gasteiger partial charge is 0.239 e. The van der Waals surface area contributed by atoms with Gasteiger partial charge >= 0.3 is 0 Å². The van der Waals surface area contributed by atoms with Crippen LogP contribution in [0.3, 0.4) is 0 Å². The molecule has 0 fully saturated rings. The molecule has 0 saturated heterocycles. The lowest BCUT2D eigenvalue weighted by atomic mass is 9.90. The van der Waals surface area contributed by atoms with Crippen molar-refractivity contribution in [1.29, 1.82) is 0 Å². The molecule has 0 saturated carbocycles. The molecule has 0 radical (unpaired) electrons. The van der Waals surface area contributed by atoms with Gasteiger partial charge in [-0.2, -0.15) is 0 Å². The van der Waals surface area contributed by atoms with E-state index in [2.05, 4.69) is 10.6 Å². The minimum absolute atomic E-state index is 0.0815. The van der Waals surface area contributed by atoms with Crippen LogP contribution in [0.2, 0.25) is 0 Å². The maximum Gasteiger partial charge on any atom is 0.239 e. The first-order valence-electron chi connectivity index (χ1n) is 9.07. The van der Waals surface area contributed by atoms with Gasteiger partial charge in [-0.3, -0.25) is 9.59 Å². The van der Waals surface area contributed by atoms with Crippen LogP contribution in [-0.2, 0) is 9.59 Å². The number of anilines is 2. The molecule has 0 spiro atoms. The van der Waals surface area contributed by atoms with E-state index < -0.39 is 5.41 Å². The Balaban J connectivity index is 2.08. The van der Waals surface area contributed by atoms with E-state index in [1.807, 2.05) is 45.9 Å². The number of ether oxygens (including phenoxy) is 1. The summed E-state index contributed by atoms with van der Waals surface area (Å²) in [6, 6.07) is 12.9. The third kappa shape index (κ3) is 5.09. The predicted octanol–water partition coefficient (Wildman–Crippen LogP) is 4.69. The molecule has 0 aromatic heterocycles. The molecule has 0 heterocycles. The minimum atomic E-state index is -1.23. The Kier molecular flexibility index (Phi) is 6.26. The van der Waals surface area contributed by atoms with Crippen molar-refractivity contribution in [1.82, 2.24) is 0 Å². The summed E-state index contributed by atoms with van der Waals surface area (Å²) in [4.78, 5) is 25.4. The first kappa shape index (κ1) is 20.5. The number of para-hydroxylation sites is 1. The molecule has 0 bridgehead atoms. The van der Waals surface area contributed by atoms with Crippen molar-refractivity contribution in [2.75, 3.05) is 10.6 Å². The molecule has 144 valence electrons. The van der Waals surface area contributed by atoms with Crippen LogP contribution in [0, 0.1) is 19.3 Å². The fourth-order valence-electron chi connectivity index (χ4n) is 2.56. The van der Waals surface area contributed by atoms with Gasteiger partial charge in [-0.1, -0.05) is 18.2 Å². The van der Waals surface area contributed by atoms with Crippen molar-refractivity contribution in [2.24, 2.45) is 5.41 Å². The van der Waals surface area contributed by atoms with E-state index in [1.165, 1.54) is 0 Å². The summed E-state index contributed by atoms with van der Waals surface area (Å²) in [5, 5.41) is 5.70. The standard InChI is InChI=1S/C22H28N2O3/c1-14(2)27-18-12-10-17(11-13-18)23-20(25)22(5,6)21(26)24-19-15(3)8-7-9-16(19)4/h7-14H,1-6H3,(H,23,25)(H,24,26). The highest BCUT2D eigenvalue weighted by Crippen LogP contribution is 2.26. The van der Waals surface area contributed by atoms with E-state index >= 15 is 0 Å². The van der Waals surface area contributed by atoms with Crippen molar-refractivity contribution in [2.45, 2.75) is 47.6 Å². The molecule has 0 unspecified atom stereocenters. The summed E-state index contributed by atoms with van der Waals surface area (Å²) in [7, 11) is 0.